The third kappa shape index (κ3) is 6.56. The van der Waals surface area contributed by atoms with Gasteiger partial charge in [-0.2, -0.15) is 4.68 Å². The van der Waals surface area contributed by atoms with Gasteiger partial charge in [-0.25, -0.2) is 9.59 Å². The van der Waals surface area contributed by atoms with Gasteiger partial charge in [0.2, 0.25) is 0 Å². The van der Waals surface area contributed by atoms with Crippen LogP contribution in [0.2, 0.25) is 0 Å². The summed E-state index contributed by atoms with van der Waals surface area (Å²) >= 11 is 3.44. The van der Waals surface area contributed by atoms with Gasteiger partial charge in [0.05, 0.1) is 23.7 Å². The van der Waals surface area contributed by atoms with Gasteiger partial charge >= 0.3 is 12.1 Å². The minimum atomic E-state index is -1.07. The summed E-state index contributed by atoms with van der Waals surface area (Å²) in [6.45, 7) is 11.1. The van der Waals surface area contributed by atoms with Gasteiger partial charge in [0.1, 0.15) is 5.60 Å². The van der Waals surface area contributed by atoms with Crippen molar-refractivity contribution >= 4 is 39.4 Å². The number of halogens is 1. The first kappa shape index (κ1) is 26.1. The van der Waals surface area contributed by atoms with E-state index in [0.29, 0.717) is 11.4 Å². The van der Waals surface area contributed by atoms with E-state index in [4.69, 9.17) is 9.47 Å². The van der Waals surface area contributed by atoms with E-state index in [9.17, 15) is 9.59 Å². The Bertz CT molecular complexity index is 1200. The SMILES string of the molecule is CCOC(=O)C(Nc1cc(Br)ccc1NC(=O)OC(C)(C)C)c1nnnn1-c1c(C)cccc1C. The smallest absolute Gasteiger partial charge is 0.412 e. The normalized spacial score (nSPS) is 12.1. The lowest BCUT2D eigenvalue weighted by molar-refractivity contribution is -0.144. The topological polar surface area (TPSA) is 120 Å². The number of hydrogen-bond donors (Lipinski definition) is 2. The fraction of sp³-hybridized carbons (Fsp3) is 0.375. The monoisotopic (exact) mass is 544 g/mol. The number of anilines is 2. The Morgan fingerprint density at radius 2 is 1.80 bits per heavy atom. The zero-order chi connectivity index (χ0) is 25.8. The van der Waals surface area contributed by atoms with Crippen LogP contribution in [0.1, 0.15) is 50.7 Å². The number of para-hydroxylation sites is 1. The summed E-state index contributed by atoms with van der Waals surface area (Å²) in [5, 5.41) is 18.0. The molecular formula is C24H29BrN6O4. The molecule has 0 spiro atoms. The number of carbonyl (C=O) groups is 2. The standard InChI is InChI=1S/C24H29BrN6O4/c1-7-34-22(32)19(21-28-29-30-31(21)20-14(2)9-8-10-15(20)3)26-18-13-16(25)11-12-17(18)27-23(33)35-24(4,5)6/h8-13,19,26H,7H2,1-6H3,(H,27,33). The summed E-state index contributed by atoms with van der Waals surface area (Å²) in [6.07, 6.45) is -0.629. The Morgan fingerprint density at radius 3 is 2.43 bits per heavy atom. The van der Waals surface area contributed by atoms with Crippen molar-refractivity contribution in [2.24, 2.45) is 0 Å². The number of nitrogens with one attached hydrogen (secondary N) is 2. The summed E-state index contributed by atoms with van der Waals surface area (Å²) in [4.78, 5) is 25.5. The number of nitrogens with zero attached hydrogens (tertiary/aromatic N) is 4. The molecule has 0 aliphatic carbocycles. The van der Waals surface area contributed by atoms with Crippen LogP contribution in [0.5, 0.6) is 0 Å². The minimum absolute atomic E-state index is 0.170. The van der Waals surface area contributed by atoms with E-state index < -0.39 is 23.7 Å². The summed E-state index contributed by atoms with van der Waals surface area (Å²) in [6, 6.07) is 9.93. The molecule has 3 aromatic rings. The van der Waals surface area contributed by atoms with Crippen LogP contribution >= 0.6 is 15.9 Å². The van der Waals surface area contributed by atoms with Gasteiger partial charge in [-0.05, 0) is 81.3 Å². The molecule has 1 heterocycles. The van der Waals surface area contributed by atoms with Crippen molar-refractivity contribution in [3.8, 4) is 5.69 Å². The number of aryl methyl sites for hydroxylation is 2. The molecule has 0 saturated carbocycles. The number of amides is 1. The molecule has 1 amide bonds. The highest BCUT2D eigenvalue weighted by molar-refractivity contribution is 9.10. The van der Waals surface area contributed by atoms with Crippen LogP contribution in [-0.2, 0) is 14.3 Å². The van der Waals surface area contributed by atoms with E-state index in [1.165, 1.54) is 4.68 Å². The van der Waals surface area contributed by atoms with E-state index in [1.54, 1.807) is 45.9 Å². The third-order valence-electron chi connectivity index (χ3n) is 4.84. The van der Waals surface area contributed by atoms with Crippen LogP contribution in [0.4, 0.5) is 16.2 Å². The van der Waals surface area contributed by atoms with Crippen LogP contribution < -0.4 is 10.6 Å². The van der Waals surface area contributed by atoms with Crippen molar-refractivity contribution in [2.75, 3.05) is 17.2 Å². The Kier molecular flexibility index (Phi) is 8.11. The Balaban J connectivity index is 2.04. The second kappa shape index (κ2) is 10.9. The van der Waals surface area contributed by atoms with Gasteiger partial charge in [-0.15, -0.1) is 5.10 Å². The number of esters is 1. The maximum Gasteiger partial charge on any atom is 0.412 e. The second-order valence-electron chi connectivity index (χ2n) is 8.84. The number of hydrogen-bond acceptors (Lipinski definition) is 8. The van der Waals surface area contributed by atoms with Crippen molar-refractivity contribution in [3.05, 3.63) is 57.8 Å². The summed E-state index contributed by atoms with van der Waals surface area (Å²) in [5.74, 6) is -0.331. The summed E-state index contributed by atoms with van der Waals surface area (Å²) in [7, 11) is 0. The highest BCUT2D eigenvalue weighted by Gasteiger charge is 2.30. The van der Waals surface area contributed by atoms with E-state index in [1.807, 2.05) is 32.0 Å². The van der Waals surface area contributed by atoms with E-state index in [2.05, 4.69) is 42.1 Å². The highest BCUT2D eigenvalue weighted by Crippen LogP contribution is 2.31. The Hall–Kier alpha value is -3.47. The van der Waals surface area contributed by atoms with Gasteiger partial charge in [0.25, 0.3) is 0 Å². The lowest BCUT2D eigenvalue weighted by Crippen LogP contribution is -2.29. The molecule has 2 aromatic carbocycles. The lowest BCUT2D eigenvalue weighted by atomic mass is 10.1. The zero-order valence-corrected chi connectivity index (χ0v) is 22.1. The molecular weight excluding hydrogens is 516 g/mol. The first-order chi connectivity index (χ1) is 16.5. The third-order valence-corrected chi connectivity index (χ3v) is 5.34. The summed E-state index contributed by atoms with van der Waals surface area (Å²) in [5.41, 5.74) is 2.83. The average Bonchev–Trinajstić information content (AvgIpc) is 3.21. The van der Waals surface area contributed by atoms with Gasteiger partial charge in [-0.3, -0.25) is 5.32 Å². The van der Waals surface area contributed by atoms with Crippen molar-refractivity contribution < 1.29 is 19.1 Å². The van der Waals surface area contributed by atoms with Gasteiger partial charge in [0.15, 0.2) is 11.9 Å². The first-order valence-electron chi connectivity index (χ1n) is 11.1. The molecule has 0 aliphatic heterocycles. The predicted molar refractivity (Wildman–Crippen MR) is 136 cm³/mol. The summed E-state index contributed by atoms with van der Waals surface area (Å²) < 4.78 is 13.0. The van der Waals surface area contributed by atoms with Gasteiger partial charge in [-0.1, -0.05) is 34.1 Å². The lowest BCUT2D eigenvalue weighted by Gasteiger charge is -2.23. The minimum Gasteiger partial charge on any atom is -0.464 e. The Morgan fingerprint density at radius 1 is 1.11 bits per heavy atom. The molecule has 35 heavy (non-hydrogen) atoms. The molecule has 10 nitrogen and oxygen atoms in total. The Labute approximate surface area is 212 Å². The van der Waals surface area contributed by atoms with Crippen LogP contribution in [0.15, 0.2) is 40.9 Å². The molecule has 1 unspecified atom stereocenters. The number of carbonyl (C=O) groups excluding carboxylic acids is 2. The first-order valence-corrected chi connectivity index (χ1v) is 11.9. The van der Waals surface area contributed by atoms with Gasteiger partial charge < -0.3 is 14.8 Å². The number of tetrazole rings is 1. The molecule has 0 radical (unpaired) electrons. The molecule has 1 aromatic heterocycles. The number of benzene rings is 2. The molecule has 11 heteroatoms. The maximum atomic E-state index is 13.1. The van der Waals surface area contributed by atoms with Crippen LogP contribution in [-0.4, -0.2) is 44.5 Å². The van der Waals surface area contributed by atoms with Crippen LogP contribution in [0.25, 0.3) is 5.69 Å². The second-order valence-corrected chi connectivity index (χ2v) is 9.75. The van der Waals surface area contributed by atoms with Crippen molar-refractivity contribution in [1.29, 1.82) is 0 Å². The van der Waals surface area contributed by atoms with Crippen molar-refractivity contribution in [3.63, 3.8) is 0 Å². The van der Waals surface area contributed by atoms with E-state index in [-0.39, 0.29) is 12.4 Å². The molecule has 2 N–H and O–H groups in total. The number of aromatic nitrogens is 4. The molecule has 1 atom stereocenters. The van der Waals surface area contributed by atoms with Crippen molar-refractivity contribution in [1.82, 2.24) is 20.2 Å². The molecule has 0 bridgehead atoms. The number of ether oxygens (including phenoxy) is 2. The fourth-order valence-electron chi connectivity index (χ4n) is 3.44. The van der Waals surface area contributed by atoms with Crippen molar-refractivity contribution in [2.45, 2.75) is 53.2 Å². The number of rotatable bonds is 7. The molecule has 186 valence electrons. The molecule has 3 rings (SSSR count). The quantitative estimate of drug-likeness (QED) is 0.394. The largest absolute Gasteiger partial charge is 0.464 e. The maximum absolute atomic E-state index is 13.1. The predicted octanol–water partition coefficient (Wildman–Crippen LogP) is 5.10. The fourth-order valence-corrected chi connectivity index (χ4v) is 3.80. The average molecular weight is 545 g/mol. The van der Waals surface area contributed by atoms with E-state index >= 15 is 0 Å². The molecule has 0 aliphatic rings. The highest BCUT2D eigenvalue weighted by atomic mass is 79.9. The zero-order valence-electron chi connectivity index (χ0n) is 20.5. The van der Waals surface area contributed by atoms with Crippen LogP contribution in [0, 0.1) is 13.8 Å². The van der Waals surface area contributed by atoms with Gasteiger partial charge in [0, 0.05) is 4.47 Å². The molecule has 0 saturated heterocycles. The molecule has 0 fully saturated rings. The van der Waals surface area contributed by atoms with E-state index in [0.717, 1.165) is 21.3 Å². The van der Waals surface area contributed by atoms with Crippen LogP contribution in [0.3, 0.4) is 0 Å².